The van der Waals surface area contributed by atoms with Gasteiger partial charge in [-0.1, -0.05) is 30.3 Å². The minimum atomic E-state index is 0.0105. The smallest absolute Gasteiger partial charge is 0.259 e. The van der Waals surface area contributed by atoms with Crippen molar-refractivity contribution < 1.29 is 0 Å². The van der Waals surface area contributed by atoms with Crippen LogP contribution in [0.1, 0.15) is 22.7 Å². The van der Waals surface area contributed by atoms with Crippen LogP contribution in [-0.2, 0) is 19.4 Å². The molecule has 0 radical (unpaired) electrons. The molecule has 0 unspecified atom stereocenters. The number of fused-ring (bicyclic) bond motifs is 4. The Bertz CT molecular complexity index is 1190. The van der Waals surface area contributed by atoms with Crippen LogP contribution >= 0.6 is 11.3 Å². The second kappa shape index (κ2) is 5.95. The van der Waals surface area contributed by atoms with Crippen LogP contribution in [0.2, 0.25) is 0 Å². The Morgan fingerprint density at radius 2 is 2.00 bits per heavy atom. The van der Waals surface area contributed by atoms with Crippen molar-refractivity contribution in [2.75, 3.05) is 11.9 Å². The lowest BCUT2D eigenvalue weighted by atomic mass is 10.1. The fourth-order valence-electron chi connectivity index (χ4n) is 3.85. The predicted molar refractivity (Wildman–Crippen MR) is 108 cm³/mol. The van der Waals surface area contributed by atoms with Gasteiger partial charge >= 0.3 is 0 Å². The lowest BCUT2D eigenvalue weighted by Crippen LogP contribution is -2.21. The number of nitrogens with one attached hydrogen (secondary N) is 1. The summed E-state index contributed by atoms with van der Waals surface area (Å²) in [4.78, 5) is 24.7. The Balaban J connectivity index is 1.49. The van der Waals surface area contributed by atoms with Crippen molar-refractivity contribution in [2.45, 2.75) is 25.8 Å². The van der Waals surface area contributed by atoms with Gasteiger partial charge in [0, 0.05) is 17.6 Å². The van der Waals surface area contributed by atoms with Gasteiger partial charge in [0.05, 0.1) is 11.9 Å². The lowest BCUT2D eigenvalue weighted by Gasteiger charge is -2.19. The maximum absolute atomic E-state index is 12.6. The Labute approximate surface area is 155 Å². The first-order chi connectivity index (χ1) is 12.7. The number of thiophene rings is 1. The van der Waals surface area contributed by atoms with E-state index in [1.807, 2.05) is 13.1 Å². The molecule has 130 valence electrons. The molecule has 0 bridgehead atoms. The summed E-state index contributed by atoms with van der Waals surface area (Å²) in [6.07, 6.45) is 3.25. The summed E-state index contributed by atoms with van der Waals surface area (Å²) >= 11 is 1.69. The zero-order valence-corrected chi connectivity index (χ0v) is 15.4. The molecule has 5 heteroatoms. The average molecular weight is 361 g/mol. The molecule has 5 rings (SSSR count). The van der Waals surface area contributed by atoms with Gasteiger partial charge in [-0.2, -0.15) is 0 Å². The van der Waals surface area contributed by atoms with E-state index < -0.39 is 0 Å². The number of nitrogens with zero attached hydrogens (tertiary/aromatic N) is 2. The number of anilines is 1. The van der Waals surface area contributed by atoms with Gasteiger partial charge in [-0.3, -0.25) is 4.79 Å². The van der Waals surface area contributed by atoms with E-state index in [0.717, 1.165) is 41.0 Å². The summed E-state index contributed by atoms with van der Waals surface area (Å²) in [5, 5.41) is 3.26. The molecular weight excluding hydrogens is 342 g/mol. The summed E-state index contributed by atoms with van der Waals surface area (Å²) in [7, 11) is 2.03. The molecule has 0 atom stereocenters. The summed E-state index contributed by atoms with van der Waals surface area (Å²) in [5.74, 6) is 0.720. The minimum Gasteiger partial charge on any atom is -0.367 e. The number of aryl methyl sites for hydroxylation is 2. The first-order valence-electron chi connectivity index (χ1n) is 8.92. The molecule has 0 saturated heterocycles. The zero-order chi connectivity index (χ0) is 17.7. The van der Waals surface area contributed by atoms with E-state index in [1.165, 1.54) is 21.2 Å². The number of hydrogen-bond donors (Lipinski definition) is 1. The number of H-pyrrole nitrogens is 1. The molecule has 0 saturated carbocycles. The van der Waals surface area contributed by atoms with Gasteiger partial charge in [-0.05, 0) is 47.7 Å². The van der Waals surface area contributed by atoms with Gasteiger partial charge in [-0.25, -0.2) is 4.98 Å². The van der Waals surface area contributed by atoms with Crippen molar-refractivity contribution in [3.05, 3.63) is 69.1 Å². The highest BCUT2D eigenvalue weighted by Crippen LogP contribution is 2.34. The van der Waals surface area contributed by atoms with Gasteiger partial charge in [-0.15, -0.1) is 11.3 Å². The SMILES string of the molecule is CN(Cc1nc2sc3c(c2c(=O)[nH]1)CCC3)c1ccc2ccccc2c1. The van der Waals surface area contributed by atoms with Crippen LogP contribution in [-0.4, -0.2) is 17.0 Å². The maximum Gasteiger partial charge on any atom is 0.259 e. The first kappa shape index (κ1) is 15.6. The third-order valence-corrected chi connectivity index (χ3v) is 6.37. The van der Waals surface area contributed by atoms with Crippen LogP contribution in [0.25, 0.3) is 21.0 Å². The van der Waals surface area contributed by atoms with E-state index in [-0.39, 0.29) is 5.56 Å². The van der Waals surface area contributed by atoms with Gasteiger partial charge in [0.25, 0.3) is 5.56 Å². The normalized spacial score (nSPS) is 13.4. The highest BCUT2D eigenvalue weighted by atomic mass is 32.1. The highest BCUT2D eigenvalue weighted by molar-refractivity contribution is 7.18. The number of benzene rings is 2. The third kappa shape index (κ3) is 2.51. The lowest BCUT2D eigenvalue weighted by molar-refractivity contribution is 0.841. The first-order valence-corrected chi connectivity index (χ1v) is 9.74. The fourth-order valence-corrected chi connectivity index (χ4v) is 5.13. The topological polar surface area (TPSA) is 49.0 Å². The molecule has 2 aromatic carbocycles. The van der Waals surface area contributed by atoms with E-state index in [9.17, 15) is 4.79 Å². The van der Waals surface area contributed by atoms with Gasteiger partial charge < -0.3 is 9.88 Å². The number of aromatic nitrogens is 2. The quantitative estimate of drug-likeness (QED) is 0.593. The van der Waals surface area contributed by atoms with Crippen LogP contribution in [0.3, 0.4) is 0 Å². The van der Waals surface area contributed by atoms with Gasteiger partial charge in [0.2, 0.25) is 0 Å². The molecule has 26 heavy (non-hydrogen) atoms. The number of aromatic amines is 1. The van der Waals surface area contributed by atoms with Crippen molar-refractivity contribution in [3.8, 4) is 0 Å². The van der Waals surface area contributed by atoms with Crippen molar-refractivity contribution in [1.29, 1.82) is 0 Å². The van der Waals surface area contributed by atoms with Gasteiger partial charge in [0.15, 0.2) is 0 Å². The van der Waals surface area contributed by atoms with Crippen LogP contribution in [0, 0.1) is 0 Å². The Morgan fingerprint density at radius 3 is 2.88 bits per heavy atom. The second-order valence-electron chi connectivity index (χ2n) is 6.94. The maximum atomic E-state index is 12.6. The molecule has 2 heterocycles. The summed E-state index contributed by atoms with van der Waals surface area (Å²) < 4.78 is 0. The van der Waals surface area contributed by atoms with Crippen LogP contribution in [0.15, 0.2) is 47.3 Å². The fraction of sp³-hybridized carbons (Fsp3) is 0.238. The Kier molecular flexibility index (Phi) is 3.57. The summed E-state index contributed by atoms with van der Waals surface area (Å²) in [6.45, 7) is 0.575. The van der Waals surface area contributed by atoms with Crippen molar-refractivity contribution in [1.82, 2.24) is 9.97 Å². The van der Waals surface area contributed by atoms with Crippen molar-refractivity contribution >= 4 is 38.0 Å². The van der Waals surface area contributed by atoms with E-state index in [2.05, 4.69) is 46.3 Å². The second-order valence-corrected chi connectivity index (χ2v) is 8.02. The zero-order valence-electron chi connectivity index (χ0n) is 14.6. The Hall–Kier alpha value is -2.66. The summed E-state index contributed by atoms with van der Waals surface area (Å²) in [6, 6.07) is 14.7. The molecule has 4 nitrogen and oxygen atoms in total. The molecule has 0 spiro atoms. The van der Waals surface area contributed by atoms with Gasteiger partial charge in [0.1, 0.15) is 10.7 Å². The molecule has 1 aliphatic rings. The molecule has 0 aliphatic heterocycles. The standard InChI is InChI=1S/C21H19N3OS/c1-24(15-10-9-13-5-2-3-6-14(13)11-15)12-18-22-20(25)19-16-7-4-8-17(16)26-21(19)23-18/h2-3,5-6,9-11H,4,7-8,12H2,1H3,(H,22,23,25). The third-order valence-electron chi connectivity index (χ3n) is 5.18. The molecule has 4 aromatic rings. The van der Waals surface area contributed by atoms with Crippen LogP contribution in [0.4, 0.5) is 5.69 Å². The van der Waals surface area contributed by atoms with E-state index in [4.69, 9.17) is 4.98 Å². The predicted octanol–water partition coefficient (Wildman–Crippen LogP) is 4.26. The molecule has 0 fully saturated rings. The number of rotatable bonds is 3. The van der Waals surface area contributed by atoms with E-state index in [0.29, 0.717) is 6.54 Å². The van der Waals surface area contributed by atoms with Crippen molar-refractivity contribution in [3.63, 3.8) is 0 Å². The monoisotopic (exact) mass is 361 g/mol. The van der Waals surface area contributed by atoms with E-state index in [1.54, 1.807) is 11.3 Å². The molecular formula is C21H19N3OS. The summed E-state index contributed by atoms with van der Waals surface area (Å²) in [5.41, 5.74) is 2.35. The largest absolute Gasteiger partial charge is 0.367 e. The van der Waals surface area contributed by atoms with Crippen molar-refractivity contribution in [2.24, 2.45) is 0 Å². The average Bonchev–Trinajstić information content (AvgIpc) is 3.21. The van der Waals surface area contributed by atoms with Crippen LogP contribution < -0.4 is 10.5 Å². The molecule has 1 aliphatic carbocycles. The molecule has 2 aromatic heterocycles. The Morgan fingerprint density at radius 1 is 1.15 bits per heavy atom. The van der Waals surface area contributed by atoms with E-state index >= 15 is 0 Å². The molecule has 0 amide bonds. The highest BCUT2D eigenvalue weighted by Gasteiger charge is 2.21. The minimum absolute atomic E-state index is 0.0105. The number of hydrogen-bond acceptors (Lipinski definition) is 4. The molecule has 1 N–H and O–H groups in total. The van der Waals surface area contributed by atoms with Crippen LogP contribution in [0.5, 0.6) is 0 Å².